The molecule has 0 unspecified atom stereocenters. The van der Waals surface area contributed by atoms with Gasteiger partial charge in [-0.1, -0.05) is 18.5 Å². The molecule has 3 rings (SSSR count). The van der Waals surface area contributed by atoms with Crippen LogP contribution in [0, 0.1) is 11.6 Å². The molecule has 10 heteroatoms. The monoisotopic (exact) mass is 476 g/mol. The number of halogens is 3. The minimum Gasteiger partial charge on any atom is -0.352 e. The Morgan fingerprint density at radius 2 is 1.97 bits per heavy atom. The van der Waals surface area contributed by atoms with E-state index >= 15 is 0 Å². The fourth-order valence-electron chi connectivity index (χ4n) is 3.35. The molecule has 0 saturated carbocycles. The Kier molecular flexibility index (Phi) is 8.11. The lowest BCUT2D eigenvalue weighted by atomic mass is 10.2. The number of nitrogens with zero attached hydrogens (tertiary/aromatic N) is 2. The summed E-state index contributed by atoms with van der Waals surface area (Å²) in [6.45, 7) is 2.65. The van der Waals surface area contributed by atoms with E-state index in [2.05, 4.69) is 15.3 Å². The van der Waals surface area contributed by atoms with E-state index in [-0.39, 0.29) is 36.5 Å². The third kappa shape index (κ3) is 6.35. The zero-order chi connectivity index (χ0) is 24.0. The number of carbonyl (C=O) groups is 2. The number of H-pyrrole nitrogens is 1. The average Bonchev–Trinajstić information content (AvgIpc) is 2.75. The predicted octanol–water partition coefficient (Wildman–Crippen LogP) is 3.80. The average molecular weight is 477 g/mol. The van der Waals surface area contributed by atoms with Crippen LogP contribution in [0.2, 0.25) is 5.02 Å². The molecule has 2 aromatic carbocycles. The molecule has 0 radical (unpaired) electrons. The van der Waals surface area contributed by atoms with Crippen LogP contribution in [0.3, 0.4) is 0 Å². The van der Waals surface area contributed by atoms with Gasteiger partial charge in [-0.05, 0) is 43.2 Å². The van der Waals surface area contributed by atoms with E-state index in [0.29, 0.717) is 47.2 Å². The van der Waals surface area contributed by atoms with Crippen molar-refractivity contribution in [3.05, 3.63) is 74.8 Å². The molecule has 1 aromatic heterocycles. The van der Waals surface area contributed by atoms with Crippen molar-refractivity contribution in [3.8, 4) is 0 Å². The number of carbonyl (C=O) groups excluding carboxylic acids is 2. The fraction of sp³-hybridized carbons (Fsp3) is 0.304. The molecule has 0 bridgehead atoms. The van der Waals surface area contributed by atoms with Crippen molar-refractivity contribution in [2.45, 2.75) is 32.7 Å². The number of hydrogen-bond donors (Lipinski definition) is 2. The lowest BCUT2D eigenvalue weighted by molar-refractivity contribution is -0.132. The Bertz CT molecular complexity index is 1230. The first-order valence-corrected chi connectivity index (χ1v) is 10.9. The van der Waals surface area contributed by atoms with Gasteiger partial charge in [0.1, 0.15) is 17.5 Å². The van der Waals surface area contributed by atoms with E-state index in [0.717, 1.165) is 12.1 Å². The fourth-order valence-corrected chi connectivity index (χ4v) is 3.51. The van der Waals surface area contributed by atoms with Gasteiger partial charge < -0.3 is 15.2 Å². The third-order valence-corrected chi connectivity index (χ3v) is 5.17. The number of rotatable bonds is 9. The number of aromatic nitrogens is 2. The van der Waals surface area contributed by atoms with Crippen LogP contribution in [-0.2, 0) is 11.3 Å². The van der Waals surface area contributed by atoms with Crippen molar-refractivity contribution in [1.82, 2.24) is 20.2 Å². The highest BCUT2D eigenvalue weighted by atomic mass is 35.5. The molecule has 3 aromatic rings. The van der Waals surface area contributed by atoms with E-state index in [1.165, 1.54) is 0 Å². The Morgan fingerprint density at radius 1 is 1.18 bits per heavy atom. The number of nitrogens with one attached hydrogen (secondary N) is 2. The van der Waals surface area contributed by atoms with Crippen molar-refractivity contribution < 1.29 is 18.4 Å². The van der Waals surface area contributed by atoms with E-state index in [9.17, 15) is 23.2 Å². The summed E-state index contributed by atoms with van der Waals surface area (Å²) in [5.74, 6) is -2.22. The van der Waals surface area contributed by atoms with Crippen LogP contribution in [0.15, 0.2) is 41.2 Å². The van der Waals surface area contributed by atoms with Crippen LogP contribution in [0.1, 0.15) is 42.4 Å². The number of aromatic amines is 1. The standard InChI is InChI=1S/C23H23ClF2N4O3/c1-2-10-30(13-20-28-19-11-14(24)5-7-17(19)23(33)29-20)21(31)4-3-9-27-22(32)16-8-6-15(25)12-18(16)26/h5-8,11-12H,2-4,9-10,13H2,1H3,(H,27,32)(H,28,29,33). The van der Waals surface area contributed by atoms with Crippen molar-refractivity contribution >= 4 is 34.3 Å². The second-order valence-corrected chi connectivity index (χ2v) is 7.91. The maximum absolute atomic E-state index is 13.7. The van der Waals surface area contributed by atoms with E-state index in [1.54, 1.807) is 23.1 Å². The van der Waals surface area contributed by atoms with Crippen molar-refractivity contribution in [2.75, 3.05) is 13.1 Å². The first kappa shape index (κ1) is 24.3. The number of benzene rings is 2. The Balaban J connectivity index is 1.58. The van der Waals surface area contributed by atoms with Gasteiger partial charge in [0.15, 0.2) is 0 Å². The van der Waals surface area contributed by atoms with E-state index in [1.807, 2.05) is 6.92 Å². The third-order valence-electron chi connectivity index (χ3n) is 4.93. The molecular formula is C23H23ClF2N4O3. The molecule has 0 aliphatic heterocycles. The summed E-state index contributed by atoms with van der Waals surface area (Å²) < 4.78 is 26.7. The van der Waals surface area contributed by atoms with Gasteiger partial charge >= 0.3 is 0 Å². The highest BCUT2D eigenvalue weighted by molar-refractivity contribution is 6.31. The van der Waals surface area contributed by atoms with Crippen LogP contribution < -0.4 is 10.9 Å². The first-order valence-electron chi connectivity index (χ1n) is 10.5. The molecule has 0 atom stereocenters. The van der Waals surface area contributed by atoms with E-state index < -0.39 is 17.5 Å². The SMILES string of the molecule is CCCN(Cc1nc2cc(Cl)ccc2c(=O)[nH]1)C(=O)CCCNC(=O)c1ccc(F)cc1F. The van der Waals surface area contributed by atoms with Crippen LogP contribution in [0.5, 0.6) is 0 Å². The van der Waals surface area contributed by atoms with Gasteiger partial charge in [0.2, 0.25) is 5.91 Å². The van der Waals surface area contributed by atoms with Crippen LogP contribution in [0.25, 0.3) is 10.9 Å². The van der Waals surface area contributed by atoms with Gasteiger partial charge in [-0.3, -0.25) is 14.4 Å². The molecular weight excluding hydrogens is 454 g/mol. The molecule has 0 aliphatic rings. The highest BCUT2D eigenvalue weighted by Gasteiger charge is 2.16. The van der Waals surface area contributed by atoms with Crippen molar-refractivity contribution in [2.24, 2.45) is 0 Å². The molecule has 0 fully saturated rings. The summed E-state index contributed by atoms with van der Waals surface area (Å²) in [5, 5.41) is 3.39. The highest BCUT2D eigenvalue weighted by Crippen LogP contribution is 2.15. The van der Waals surface area contributed by atoms with Crippen molar-refractivity contribution in [1.29, 1.82) is 0 Å². The second kappa shape index (κ2) is 11.0. The number of fused-ring (bicyclic) bond motifs is 1. The zero-order valence-electron chi connectivity index (χ0n) is 18.0. The maximum atomic E-state index is 13.7. The molecule has 174 valence electrons. The normalized spacial score (nSPS) is 10.9. The van der Waals surface area contributed by atoms with Crippen LogP contribution in [0.4, 0.5) is 8.78 Å². The van der Waals surface area contributed by atoms with Crippen LogP contribution >= 0.6 is 11.6 Å². The largest absolute Gasteiger partial charge is 0.352 e. The molecule has 7 nitrogen and oxygen atoms in total. The topological polar surface area (TPSA) is 95.2 Å². The zero-order valence-corrected chi connectivity index (χ0v) is 18.7. The second-order valence-electron chi connectivity index (χ2n) is 7.47. The van der Waals surface area contributed by atoms with Gasteiger partial charge in [-0.25, -0.2) is 13.8 Å². The Morgan fingerprint density at radius 3 is 2.70 bits per heavy atom. The number of amides is 2. The summed E-state index contributed by atoms with van der Waals surface area (Å²) in [7, 11) is 0. The van der Waals surface area contributed by atoms with Crippen molar-refractivity contribution in [3.63, 3.8) is 0 Å². The van der Waals surface area contributed by atoms with Gasteiger partial charge in [0, 0.05) is 30.6 Å². The summed E-state index contributed by atoms with van der Waals surface area (Å²) in [6.07, 6.45) is 1.16. The predicted molar refractivity (Wildman–Crippen MR) is 121 cm³/mol. The minimum absolute atomic E-state index is 0.123. The lowest BCUT2D eigenvalue weighted by Crippen LogP contribution is -2.33. The summed E-state index contributed by atoms with van der Waals surface area (Å²) >= 11 is 5.99. The molecule has 0 aliphatic carbocycles. The summed E-state index contributed by atoms with van der Waals surface area (Å²) in [5.41, 5.74) is -0.131. The smallest absolute Gasteiger partial charge is 0.258 e. The maximum Gasteiger partial charge on any atom is 0.258 e. The Hall–Kier alpha value is -3.33. The first-order chi connectivity index (χ1) is 15.8. The van der Waals surface area contributed by atoms with Gasteiger partial charge in [0.25, 0.3) is 11.5 Å². The molecule has 0 spiro atoms. The minimum atomic E-state index is -0.948. The number of hydrogen-bond acceptors (Lipinski definition) is 4. The molecule has 2 amide bonds. The molecule has 1 heterocycles. The quantitative estimate of drug-likeness (QED) is 0.459. The molecule has 2 N–H and O–H groups in total. The van der Waals surface area contributed by atoms with Gasteiger partial charge in [-0.15, -0.1) is 0 Å². The summed E-state index contributed by atoms with van der Waals surface area (Å²) in [6, 6.07) is 7.50. The van der Waals surface area contributed by atoms with Gasteiger partial charge in [-0.2, -0.15) is 0 Å². The lowest BCUT2D eigenvalue weighted by Gasteiger charge is -2.22. The van der Waals surface area contributed by atoms with Gasteiger partial charge in [0.05, 0.1) is 23.0 Å². The van der Waals surface area contributed by atoms with Crippen LogP contribution in [-0.4, -0.2) is 39.8 Å². The van der Waals surface area contributed by atoms with E-state index in [4.69, 9.17) is 11.6 Å². The Labute approximate surface area is 193 Å². The molecule has 33 heavy (non-hydrogen) atoms. The summed E-state index contributed by atoms with van der Waals surface area (Å²) in [4.78, 5) is 45.8. The molecule has 0 saturated heterocycles.